The van der Waals surface area contributed by atoms with Crippen LogP contribution in [-0.2, 0) is 9.59 Å². The van der Waals surface area contributed by atoms with Crippen LogP contribution in [0.25, 0.3) is 0 Å². The van der Waals surface area contributed by atoms with E-state index in [2.05, 4.69) is 41.5 Å². The zero-order valence-corrected chi connectivity index (χ0v) is 12.7. The van der Waals surface area contributed by atoms with Gasteiger partial charge in [0.2, 0.25) is 11.8 Å². The van der Waals surface area contributed by atoms with Gasteiger partial charge in [0.15, 0.2) is 0 Å². The van der Waals surface area contributed by atoms with Crippen LogP contribution in [0.2, 0.25) is 0 Å². The van der Waals surface area contributed by atoms with Crippen molar-refractivity contribution < 1.29 is 9.59 Å². The number of carbonyl (C=O) groups is 2. The van der Waals surface area contributed by atoms with Crippen LogP contribution in [-0.4, -0.2) is 38.0 Å². The van der Waals surface area contributed by atoms with Crippen molar-refractivity contribution in [3.05, 3.63) is 29.8 Å². The summed E-state index contributed by atoms with van der Waals surface area (Å²) in [5.41, 5.74) is 2.43. The van der Waals surface area contributed by atoms with E-state index in [0.717, 1.165) is 13.1 Å². The Labute approximate surface area is 125 Å². The highest BCUT2D eigenvalue weighted by Crippen LogP contribution is 2.18. The average molecular weight is 289 g/mol. The predicted molar refractivity (Wildman–Crippen MR) is 83.2 cm³/mol. The van der Waals surface area contributed by atoms with Crippen molar-refractivity contribution in [2.45, 2.75) is 20.3 Å². The van der Waals surface area contributed by atoms with E-state index in [1.54, 1.807) is 0 Å². The minimum Gasteiger partial charge on any atom is -0.370 e. The normalized spacial score (nSPS) is 17.4. The summed E-state index contributed by atoms with van der Waals surface area (Å²) < 4.78 is 0. The Morgan fingerprint density at radius 3 is 2.81 bits per heavy atom. The third kappa shape index (κ3) is 3.97. The molecule has 1 atom stereocenters. The molecule has 1 saturated heterocycles. The summed E-state index contributed by atoms with van der Waals surface area (Å²) >= 11 is 0. The van der Waals surface area contributed by atoms with Crippen molar-refractivity contribution >= 4 is 17.5 Å². The molecule has 0 spiro atoms. The molecule has 114 valence electrons. The van der Waals surface area contributed by atoms with Crippen molar-refractivity contribution in [2.75, 3.05) is 31.1 Å². The zero-order valence-electron chi connectivity index (χ0n) is 12.7. The summed E-state index contributed by atoms with van der Waals surface area (Å²) in [6.45, 7) is 6.90. The number of hydrogen-bond acceptors (Lipinski definition) is 3. The molecule has 2 N–H and O–H groups in total. The Hall–Kier alpha value is -2.04. The number of hydrogen-bond donors (Lipinski definition) is 2. The van der Waals surface area contributed by atoms with E-state index >= 15 is 0 Å². The second-order valence-corrected chi connectivity index (χ2v) is 5.36. The molecule has 1 fully saturated rings. The van der Waals surface area contributed by atoms with Crippen LogP contribution >= 0.6 is 0 Å². The van der Waals surface area contributed by atoms with Crippen molar-refractivity contribution in [2.24, 2.45) is 5.92 Å². The highest BCUT2D eigenvalue weighted by Gasteiger charge is 2.27. The minimum atomic E-state index is -0.217. The summed E-state index contributed by atoms with van der Waals surface area (Å²) in [7, 11) is 0. The fraction of sp³-hybridized carbons (Fsp3) is 0.500. The molecule has 1 aliphatic heterocycles. The van der Waals surface area contributed by atoms with Crippen LogP contribution in [0, 0.1) is 12.8 Å². The van der Waals surface area contributed by atoms with Crippen LogP contribution < -0.4 is 15.5 Å². The number of nitrogens with one attached hydrogen (secondary N) is 2. The van der Waals surface area contributed by atoms with Gasteiger partial charge in [0.05, 0.1) is 5.92 Å². The quantitative estimate of drug-likeness (QED) is 0.823. The van der Waals surface area contributed by atoms with Crippen molar-refractivity contribution in [3.63, 3.8) is 0 Å². The Morgan fingerprint density at radius 1 is 1.43 bits per heavy atom. The van der Waals surface area contributed by atoms with Crippen LogP contribution in [0.3, 0.4) is 0 Å². The SMILES string of the molecule is CCN(CCNC(=O)[C@@H]1CNC(=O)C1)c1ccccc1C. The molecule has 0 unspecified atom stereocenters. The second kappa shape index (κ2) is 7.11. The average Bonchev–Trinajstić information content (AvgIpc) is 2.91. The number of amides is 2. The molecule has 2 amide bonds. The van der Waals surface area contributed by atoms with Gasteiger partial charge < -0.3 is 15.5 Å². The van der Waals surface area contributed by atoms with Gasteiger partial charge in [-0.2, -0.15) is 0 Å². The molecule has 1 aromatic rings. The molecule has 21 heavy (non-hydrogen) atoms. The lowest BCUT2D eigenvalue weighted by Crippen LogP contribution is -2.38. The summed E-state index contributed by atoms with van der Waals surface area (Å²) in [4.78, 5) is 25.3. The van der Waals surface area contributed by atoms with E-state index in [-0.39, 0.29) is 17.7 Å². The number of aryl methyl sites for hydroxylation is 1. The van der Waals surface area contributed by atoms with E-state index in [4.69, 9.17) is 0 Å². The molecule has 5 heteroatoms. The zero-order chi connectivity index (χ0) is 15.2. The predicted octanol–water partition coefficient (Wildman–Crippen LogP) is 1.07. The van der Waals surface area contributed by atoms with Crippen molar-refractivity contribution in [3.8, 4) is 0 Å². The number of para-hydroxylation sites is 1. The molecule has 0 saturated carbocycles. The number of anilines is 1. The van der Waals surface area contributed by atoms with Gasteiger partial charge in [0, 0.05) is 38.3 Å². The molecule has 0 radical (unpaired) electrons. The van der Waals surface area contributed by atoms with E-state index in [0.29, 0.717) is 19.5 Å². The standard InChI is InChI=1S/C16H23N3O2/c1-3-19(14-7-5-4-6-12(14)2)9-8-17-16(21)13-10-15(20)18-11-13/h4-7,13H,3,8-11H2,1-2H3,(H,17,21)(H,18,20)/t13-/m0/s1. The smallest absolute Gasteiger partial charge is 0.225 e. The van der Waals surface area contributed by atoms with Gasteiger partial charge in [-0.05, 0) is 25.5 Å². The molecular formula is C16H23N3O2. The number of benzene rings is 1. The highest BCUT2D eigenvalue weighted by atomic mass is 16.2. The van der Waals surface area contributed by atoms with Gasteiger partial charge in [0.1, 0.15) is 0 Å². The first-order chi connectivity index (χ1) is 10.1. The van der Waals surface area contributed by atoms with Gasteiger partial charge >= 0.3 is 0 Å². The summed E-state index contributed by atoms with van der Waals surface area (Å²) in [5, 5.41) is 5.61. The van der Waals surface area contributed by atoms with Crippen LogP contribution in [0.5, 0.6) is 0 Å². The van der Waals surface area contributed by atoms with Gasteiger partial charge in [-0.1, -0.05) is 18.2 Å². The van der Waals surface area contributed by atoms with Crippen LogP contribution in [0.1, 0.15) is 18.9 Å². The Balaban J connectivity index is 1.82. The largest absolute Gasteiger partial charge is 0.370 e. The molecule has 0 aromatic heterocycles. The molecule has 1 aromatic carbocycles. The van der Waals surface area contributed by atoms with Crippen molar-refractivity contribution in [1.82, 2.24) is 10.6 Å². The van der Waals surface area contributed by atoms with E-state index < -0.39 is 0 Å². The molecule has 1 aliphatic rings. The highest BCUT2D eigenvalue weighted by molar-refractivity contribution is 5.89. The lowest BCUT2D eigenvalue weighted by atomic mass is 10.1. The maximum atomic E-state index is 11.9. The van der Waals surface area contributed by atoms with Crippen LogP contribution in [0.4, 0.5) is 5.69 Å². The molecule has 5 nitrogen and oxygen atoms in total. The maximum absolute atomic E-state index is 11.9. The van der Waals surface area contributed by atoms with E-state index in [1.807, 2.05) is 12.1 Å². The maximum Gasteiger partial charge on any atom is 0.225 e. The first-order valence-electron chi connectivity index (χ1n) is 7.46. The minimum absolute atomic E-state index is 0.0332. The Bertz CT molecular complexity index is 516. The van der Waals surface area contributed by atoms with Gasteiger partial charge in [-0.3, -0.25) is 9.59 Å². The molecular weight excluding hydrogens is 266 g/mol. The van der Waals surface area contributed by atoms with Gasteiger partial charge in [-0.15, -0.1) is 0 Å². The summed E-state index contributed by atoms with van der Waals surface area (Å²) in [6, 6.07) is 8.24. The number of likely N-dealkylation sites (N-methyl/N-ethyl adjacent to an activating group) is 1. The third-order valence-corrected chi connectivity index (χ3v) is 3.87. The van der Waals surface area contributed by atoms with E-state index in [1.165, 1.54) is 11.3 Å². The lowest BCUT2D eigenvalue weighted by Gasteiger charge is -2.25. The fourth-order valence-corrected chi connectivity index (χ4v) is 2.62. The summed E-state index contributed by atoms with van der Waals surface area (Å²) in [5.74, 6) is -0.287. The van der Waals surface area contributed by atoms with E-state index in [9.17, 15) is 9.59 Å². The molecule has 1 heterocycles. The number of carbonyl (C=O) groups excluding carboxylic acids is 2. The van der Waals surface area contributed by atoms with Gasteiger partial charge in [-0.25, -0.2) is 0 Å². The van der Waals surface area contributed by atoms with Gasteiger partial charge in [0.25, 0.3) is 0 Å². The Kier molecular flexibility index (Phi) is 5.20. The van der Waals surface area contributed by atoms with Crippen LogP contribution in [0.15, 0.2) is 24.3 Å². The Morgan fingerprint density at radius 2 is 2.19 bits per heavy atom. The molecule has 2 rings (SSSR count). The number of nitrogens with zero attached hydrogens (tertiary/aromatic N) is 1. The molecule has 0 bridgehead atoms. The lowest BCUT2D eigenvalue weighted by molar-refractivity contribution is -0.126. The summed E-state index contributed by atoms with van der Waals surface area (Å²) in [6.07, 6.45) is 0.307. The second-order valence-electron chi connectivity index (χ2n) is 5.36. The first kappa shape index (κ1) is 15.4. The monoisotopic (exact) mass is 289 g/mol. The third-order valence-electron chi connectivity index (χ3n) is 3.87. The van der Waals surface area contributed by atoms with Crippen molar-refractivity contribution in [1.29, 1.82) is 0 Å². The fourth-order valence-electron chi connectivity index (χ4n) is 2.62. The molecule has 0 aliphatic carbocycles. The number of rotatable bonds is 6. The first-order valence-corrected chi connectivity index (χ1v) is 7.46. The topological polar surface area (TPSA) is 61.4 Å².